The van der Waals surface area contributed by atoms with Crippen molar-refractivity contribution in [1.29, 1.82) is 0 Å². The zero-order valence-electron chi connectivity index (χ0n) is 67.2. The lowest BCUT2D eigenvalue weighted by Crippen LogP contribution is -2.46. The monoisotopic (exact) mass is 1490 g/mol. The Morgan fingerprint density at radius 2 is 0.874 bits per heavy atom. The van der Waals surface area contributed by atoms with E-state index >= 15 is 0 Å². The molecule has 0 bridgehead atoms. The summed E-state index contributed by atoms with van der Waals surface area (Å²) in [5.74, 6) is 5.47. The van der Waals surface area contributed by atoms with Gasteiger partial charge in [-0.2, -0.15) is 0 Å². The normalized spacial score (nSPS) is 22.2. The van der Waals surface area contributed by atoms with Gasteiger partial charge in [-0.15, -0.1) is 0 Å². The third-order valence-electron chi connectivity index (χ3n) is 25.1. The Bertz CT molecular complexity index is 4630. The number of Topliss-reactive ketones (excluding diaryl/α,β-unsaturated/α-hetero) is 1. The van der Waals surface area contributed by atoms with Gasteiger partial charge in [0.25, 0.3) is 5.97 Å². The van der Waals surface area contributed by atoms with E-state index in [2.05, 4.69) is 119 Å². The molecule has 1 amide bonds. The smallest absolute Gasteiger partial charge is 0.300 e. The van der Waals surface area contributed by atoms with E-state index < -0.39 is 12.0 Å². The van der Waals surface area contributed by atoms with E-state index in [1.165, 1.54) is 137 Å². The highest BCUT2D eigenvalue weighted by molar-refractivity contribution is 6.12. The van der Waals surface area contributed by atoms with Gasteiger partial charge >= 0.3 is 0 Å². The molecule has 10 aromatic rings. The Morgan fingerprint density at radius 1 is 0.505 bits per heavy atom. The van der Waals surface area contributed by atoms with Gasteiger partial charge in [-0.1, -0.05) is 237 Å². The van der Waals surface area contributed by atoms with Crippen LogP contribution in [0.15, 0.2) is 158 Å². The van der Waals surface area contributed by atoms with Crippen molar-refractivity contribution in [2.75, 3.05) is 0 Å². The lowest BCUT2D eigenvalue weighted by molar-refractivity contribution is -0.142. The fraction of sp³-hybridized carbons (Fsp3) is 0.495. The first-order chi connectivity index (χ1) is 53.7. The van der Waals surface area contributed by atoms with Gasteiger partial charge in [-0.05, 0) is 151 Å². The zero-order valence-corrected chi connectivity index (χ0v) is 67.2. The van der Waals surface area contributed by atoms with Crippen molar-refractivity contribution in [1.82, 2.24) is 24.8 Å². The lowest BCUT2D eigenvalue weighted by atomic mass is 9.64. The number of carboxylic acid groups (broad SMARTS) is 1. The Labute approximate surface area is 658 Å². The highest BCUT2D eigenvalue weighted by Crippen LogP contribution is 2.58. The summed E-state index contributed by atoms with van der Waals surface area (Å²) in [6, 6.07) is 53.3. The number of ether oxygens (including phenoxy) is 2. The van der Waals surface area contributed by atoms with Crippen LogP contribution in [0.4, 0.5) is 0 Å². The van der Waals surface area contributed by atoms with Gasteiger partial charge in [-0.25, -0.2) is 26.5 Å². The summed E-state index contributed by atoms with van der Waals surface area (Å²) in [5, 5.41) is 12.0. The summed E-state index contributed by atoms with van der Waals surface area (Å²) in [4.78, 5) is 71.0. The second-order valence-corrected chi connectivity index (χ2v) is 34.1. The second-order valence-electron chi connectivity index (χ2n) is 34.1. The molecule has 18 rings (SSSR count). The van der Waals surface area contributed by atoms with Crippen LogP contribution >= 0.6 is 0 Å². The number of carbonyl (C=O) groups excluding carboxylic acids is 3. The summed E-state index contributed by atoms with van der Waals surface area (Å²) >= 11 is 0. The van der Waals surface area contributed by atoms with Crippen molar-refractivity contribution in [3.8, 4) is 11.5 Å². The first-order valence-electron chi connectivity index (χ1n) is 42.0. The molecule has 14 heteroatoms. The van der Waals surface area contributed by atoms with Crippen molar-refractivity contribution in [3.63, 3.8) is 0 Å². The van der Waals surface area contributed by atoms with Gasteiger partial charge in [0.2, 0.25) is 11.9 Å². The number of fused-ring (bicyclic) bond motifs is 18. The van der Waals surface area contributed by atoms with Crippen LogP contribution in [-0.4, -0.2) is 83.2 Å². The van der Waals surface area contributed by atoms with Crippen LogP contribution in [0.5, 0.6) is 11.5 Å². The molecule has 3 N–H and O–H groups in total. The standard InChI is InChI=1S/2C26H26N2O.C23H33NO2.C7H11N.C7H6O.C6H13N.C2H4O2/c2*1-15-12-13-19-18(14-15)22-24-23(27-20-10-6-7-11-21(20)28-24)16-8-4-5-9-17(16)25(22)29-26(19,2)3;1-18(25)24(21-15-9-4-10-16-21)23(20-13-7-3-8-14-20)22(26)17-19-11-5-2-6-12-19;1-8-7-5-3-2-4-6-7;8-6-7-4-2-1-3-5-7;7-6-4-2-1-3-5-6;1-2(3)4/h2*4-11,15,18-19H,12-14H2,1-3H3;3,7-8,13-14,19,21,23H,2,4-6,9-12,15-17H2,1H3;7H,2-6H2;1-6H;6H,1-5,7H2;1H3,(H,3,4)/t2*15-,18-,19-;;;;;/m00...../s1. The molecule has 111 heavy (non-hydrogen) atoms. The average Bonchev–Trinajstić information content (AvgIpc) is 0.716. The number of hydrogen-bond donors (Lipinski definition) is 2. The molecule has 1 unspecified atom stereocenters. The Balaban J connectivity index is 0.000000132. The molecular weight excluding hydrogens is 1380 g/mol. The molecule has 6 fully saturated rings. The van der Waals surface area contributed by atoms with E-state index in [9.17, 15) is 14.4 Å². The molecule has 8 aromatic carbocycles. The first-order valence-corrected chi connectivity index (χ1v) is 42.0. The molecule has 584 valence electrons. The van der Waals surface area contributed by atoms with E-state index in [0.717, 1.165) is 154 Å². The molecule has 6 saturated carbocycles. The molecule has 6 aliphatic carbocycles. The number of aromatic nitrogens is 4. The van der Waals surface area contributed by atoms with E-state index in [1.807, 2.05) is 77.7 Å². The maximum absolute atomic E-state index is 13.4. The highest BCUT2D eigenvalue weighted by Gasteiger charge is 2.50. The molecule has 8 aliphatic rings. The van der Waals surface area contributed by atoms with E-state index in [-0.39, 0.29) is 28.9 Å². The zero-order chi connectivity index (χ0) is 78.2. The van der Waals surface area contributed by atoms with Gasteiger partial charge < -0.3 is 30.1 Å². The van der Waals surface area contributed by atoms with E-state index in [1.54, 1.807) is 19.1 Å². The van der Waals surface area contributed by atoms with Crippen LogP contribution in [0, 0.1) is 36.2 Å². The third-order valence-corrected chi connectivity index (χ3v) is 25.1. The van der Waals surface area contributed by atoms with E-state index in [4.69, 9.17) is 51.6 Å². The summed E-state index contributed by atoms with van der Waals surface area (Å²) in [5.41, 5.74) is 17.5. The number of benzene rings is 8. The summed E-state index contributed by atoms with van der Waals surface area (Å²) in [7, 11) is 0. The Kier molecular flexibility index (Phi) is 27.8. The number of aldehydes is 1. The SMILES string of the molecule is CC(=O)N(C1CCCCC1)C(C(=O)CC1CCCCC1)c1ccccc1.CC(=O)O.C[C@H]1CC[C@H]2[C@H](C1)c1c(c3ccccc3c3nc4ccccc4nc13)OC2(C)C.C[C@H]1CC[C@H]2[C@H](C1)c1c(c3ccccc3c3nc4ccccc4nc13)OC2(C)C.NC1CCCCC1.O=Cc1ccccc1.[C-]#[N+]C1CCCCC1. The molecule has 7 atom stereocenters. The fourth-order valence-corrected chi connectivity index (χ4v) is 19.5. The summed E-state index contributed by atoms with van der Waals surface area (Å²) < 4.78 is 13.6. The molecule has 2 aromatic heterocycles. The molecular formula is C97H119N7O7. The second kappa shape index (κ2) is 37.9. The van der Waals surface area contributed by atoms with Crippen LogP contribution in [0.25, 0.3) is 70.5 Å². The van der Waals surface area contributed by atoms with Crippen LogP contribution in [0.3, 0.4) is 0 Å². The van der Waals surface area contributed by atoms with Crippen molar-refractivity contribution in [2.45, 2.75) is 276 Å². The number of ketones is 1. The average molecular weight is 1500 g/mol. The number of aliphatic carboxylic acids is 1. The van der Waals surface area contributed by atoms with Crippen molar-refractivity contribution in [3.05, 3.63) is 191 Å². The van der Waals surface area contributed by atoms with Crippen molar-refractivity contribution in [2.24, 2.45) is 35.3 Å². The maximum atomic E-state index is 13.4. The fourth-order valence-electron chi connectivity index (χ4n) is 19.5. The van der Waals surface area contributed by atoms with Gasteiger partial charge in [-0.3, -0.25) is 19.2 Å². The van der Waals surface area contributed by atoms with Gasteiger partial charge in [0.1, 0.15) is 35.0 Å². The molecule has 4 heterocycles. The molecule has 14 nitrogen and oxygen atoms in total. The number of rotatable bonds is 7. The lowest BCUT2D eigenvalue weighted by Gasteiger charge is -2.49. The van der Waals surface area contributed by atoms with Crippen LogP contribution in [-0.2, 0) is 14.4 Å². The summed E-state index contributed by atoms with van der Waals surface area (Å²) in [6.45, 7) is 23.3. The Hall–Kier alpha value is -9.19. The maximum Gasteiger partial charge on any atom is 0.300 e. The Morgan fingerprint density at radius 3 is 1.25 bits per heavy atom. The number of carboxylic acids is 1. The first kappa shape index (κ1) is 81.3. The van der Waals surface area contributed by atoms with Crippen molar-refractivity contribution < 1.29 is 33.8 Å². The topological polar surface area (TPSA) is 192 Å². The molecule has 0 saturated heterocycles. The number of hydrogen-bond acceptors (Lipinski definition) is 11. The van der Waals surface area contributed by atoms with Crippen LogP contribution in [0.1, 0.15) is 274 Å². The number of amides is 1. The molecule has 2 aliphatic heterocycles. The molecule has 0 spiro atoms. The van der Waals surface area contributed by atoms with E-state index in [0.29, 0.717) is 48.1 Å². The number of carbonyl (C=O) groups is 4. The quantitative estimate of drug-likeness (QED) is 0.0665. The minimum atomic E-state index is -0.833. The predicted molar refractivity (Wildman–Crippen MR) is 451 cm³/mol. The van der Waals surface area contributed by atoms with Gasteiger partial charge in [0.15, 0.2) is 5.78 Å². The minimum Gasteiger partial charge on any atom is -0.487 e. The molecule has 0 radical (unpaired) electrons. The van der Waals surface area contributed by atoms with Crippen LogP contribution < -0.4 is 15.2 Å². The van der Waals surface area contributed by atoms with Gasteiger partial charge in [0, 0.05) is 95.3 Å². The number of nitrogens with two attached hydrogens (primary N) is 1. The number of para-hydroxylation sites is 4. The largest absolute Gasteiger partial charge is 0.487 e. The predicted octanol–water partition coefficient (Wildman–Crippen LogP) is 23.8. The highest BCUT2D eigenvalue weighted by atomic mass is 16.5. The summed E-state index contributed by atoms with van der Waals surface area (Å²) in [6.07, 6.45) is 33.5. The number of nitrogens with zero attached hydrogens (tertiary/aromatic N) is 6. The van der Waals surface area contributed by atoms with Gasteiger partial charge in [0.05, 0.1) is 44.1 Å². The third kappa shape index (κ3) is 19.8. The van der Waals surface area contributed by atoms with Crippen LogP contribution in [0.2, 0.25) is 0 Å². The van der Waals surface area contributed by atoms with Crippen molar-refractivity contribution >= 4 is 89.6 Å². The minimum absolute atomic E-state index is 0.0442.